The van der Waals surface area contributed by atoms with Crippen molar-refractivity contribution >= 4 is 162 Å². The summed E-state index contributed by atoms with van der Waals surface area (Å²) in [4.78, 5) is 0. The van der Waals surface area contributed by atoms with Crippen LogP contribution in [0.5, 0.6) is 0 Å². The molecule has 6 saturated carbocycles. The maximum atomic E-state index is 8.12. The van der Waals surface area contributed by atoms with Crippen LogP contribution in [0, 0.1) is 0 Å². The molecule has 0 radical (unpaired) electrons. The van der Waals surface area contributed by atoms with E-state index >= 15 is 0 Å². The van der Waals surface area contributed by atoms with E-state index in [1.165, 1.54) is 234 Å². The third-order valence-corrected chi connectivity index (χ3v) is 76.0. The average molecular weight is 2130 g/mol. The Morgan fingerprint density at radius 3 is 0.564 bits per heavy atom. The van der Waals surface area contributed by atoms with Crippen molar-refractivity contribution < 1.29 is 20.6 Å². The van der Waals surface area contributed by atoms with E-state index in [9.17, 15) is 0 Å². The fourth-order valence-corrected chi connectivity index (χ4v) is 69.2. The predicted octanol–water partition coefficient (Wildman–Crippen LogP) is 33.2. The van der Waals surface area contributed by atoms with Crippen molar-refractivity contribution in [2.24, 2.45) is 0 Å². The number of rotatable bonds is 33. The van der Waals surface area contributed by atoms with E-state index in [1.807, 2.05) is 66.6 Å². The molecule has 8 aromatic rings. The minimum Gasteiger partial charge on any atom is -0.449 e. The van der Waals surface area contributed by atoms with Crippen LogP contribution in [-0.4, -0.2) is 97.9 Å². The van der Waals surface area contributed by atoms with Gasteiger partial charge in [-0.15, -0.1) is 98.7 Å². The van der Waals surface area contributed by atoms with E-state index in [1.54, 1.807) is 0 Å². The smallest absolute Gasteiger partial charge is 0.270 e. The summed E-state index contributed by atoms with van der Waals surface area (Å²) in [6.45, 7) is 84.7. The van der Waals surface area contributed by atoms with E-state index in [-0.39, 0.29) is 0 Å². The van der Waals surface area contributed by atoms with E-state index in [4.69, 9.17) is 42.7 Å². The lowest BCUT2D eigenvalue weighted by molar-refractivity contribution is 0.350. The lowest BCUT2D eigenvalue weighted by Crippen LogP contribution is -2.71. The van der Waals surface area contributed by atoms with Crippen molar-refractivity contribution in [1.82, 2.24) is 0 Å². The zero-order valence-corrected chi connectivity index (χ0v) is 103. The van der Waals surface area contributed by atoms with Crippen LogP contribution in [0.2, 0.25) is 118 Å². The first-order valence-corrected chi connectivity index (χ1v) is 85.4. The minimum absolute atomic E-state index is 0.791. The standard InChI is InChI=1S/C28H50OSi2.C28H26OSi2.C18H34OSi2.C18H22OSi2.C16H22OSi2.C4H9ClSi.C3H9ClSi.3C2H4/c2*1-3-30(25-17-9-5-10-18-25,26-19-11-6-12-20-26)29-31(4-2,27-21-13-7-14-22-27)28-23-15-8-16-24-28;2*1-5-20(3,17-13-9-7-10-14-17)19-21(4,6-2)18-15-11-8-12-16-18;1-18(2,15-11-7-5-8-12-15)17-19(3,4)16-13-9-6-10-14-16;1-4-6(2,3)5;1-5(2,3)4;3*1-2/h3-4,25-28H,1-2,5-24H2;3-24H,1-2H2;5-6,17-18H,1-2,7-16H2,3-4H3;5-16H,1-2H2,3-4H3;5-14H,1-4H3;4H,1H2,2-3H3;1-3H3;3*1-2H2. The summed E-state index contributed by atoms with van der Waals surface area (Å²) in [7, 11) is -23.8. The Labute approximate surface area is 878 Å². The lowest BCUT2D eigenvalue weighted by Gasteiger charge is -2.54. The monoisotopic (exact) mass is 2120 g/mol. The van der Waals surface area contributed by atoms with Gasteiger partial charge in [-0.2, -0.15) is 22.2 Å². The molecule has 5 nitrogen and oxygen atoms in total. The third kappa shape index (κ3) is 36.9. The Hall–Kier alpha value is -6.38. The quantitative estimate of drug-likeness (QED) is 0.0233. The maximum Gasteiger partial charge on any atom is 0.270 e. The first kappa shape index (κ1) is 124. The highest BCUT2D eigenvalue weighted by molar-refractivity contribution is 7.22. The van der Waals surface area contributed by atoms with E-state index in [0.717, 1.165) is 33.2 Å². The van der Waals surface area contributed by atoms with Crippen molar-refractivity contribution in [2.75, 3.05) is 0 Å². The normalized spacial score (nSPS) is 17.7. The van der Waals surface area contributed by atoms with Crippen LogP contribution in [-0.2, 0) is 20.6 Å². The molecule has 140 heavy (non-hydrogen) atoms. The van der Waals surface area contributed by atoms with Crippen LogP contribution in [0.25, 0.3) is 0 Å². The minimum atomic E-state index is -2.79. The molecule has 4 atom stereocenters. The zero-order valence-electron chi connectivity index (χ0n) is 89.4. The van der Waals surface area contributed by atoms with Gasteiger partial charge in [0.05, 0.1) is 0 Å². The second-order valence-corrected chi connectivity index (χ2v) is 94.1. The summed E-state index contributed by atoms with van der Waals surface area (Å²) in [5.74, 6) is 0. The van der Waals surface area contributed by atoms with Gasteiger partial charge in [-0.1, -0.05) is 519 Å². The zero-order chi connectivity index (χ0) is 103. The molecule has 0 N–H and O–H groups in total. The molecule has 6 aliphatic carbocycles. The SMILES string of the molecule is C=C.C=C.C=C.C=C[Si](C)(C)Cl.C=C[Si](C)(O[Si](C)(C=C)C1CCCCC1)C1CCCCC1.C=C[Si](C)(O[Si](C)(C=C)c1ccccc1)c1ccccc1.C=C[Si](O[Si](C=C)(C1CCCCC1)C1CCCCC1)(C1CCCCC1)C1CCCCC1.C=C[Si](O[Si](C=C)(c1ccccc1)c1ccccc1)(c1ccccc1)c1ccccc1.C[Si](C)(C)Cl.C[Si](C)(O[Si](C)(C)c1ccccc1)c1ccccc1. The molecule has 0 spiro atoms. The van der Waals surface area contributed by atoms with E-state index in [2.05, 4.69) is 411 Å². The first-order chi connectivity index (χ1) is 67.1. The highest BCUT2D eigenvalue weighted by atomic mass is 35.6. The van der Waals surface area contributed by atoms with Gasteiger partial charge in [0.25, 0.3) is 16.6 Å². The largest absolute Gasteiger partial charge is 0.449 e. The average Bonchev–Trinajstić information content (AvgIpc) is 0.744. The Morgan fingerprint density at radius 1 is 0.207 bits per heavy atom. The summed E-state index contributed by atoms with van der Waals surface area (Å²) in [6, 6.07) is 84.3. The van der Waals surface area contributed by atoms with Crippen LogP contribution in [0.1, 0.15) is 193 Å². The lowest BCUT2D eigenvalue weighted by atomic mass is 9.99. The van der Waals surface area contributed by atoms with Crippen LogP contribution < -0.4 is 41.5 Å². The molecular formula is C121H184Cl2O5Si12. The molecule has 0 amide bonds. The molecule has 0 saturated heterocycles. The summed E-state index contributed by atoms with van der Waals surface area (Å²) >= 11 is 11.4. The van der Waals surface area contributed by atoms with Gasteiger partial charge in [0.15, 0.2) is 7.38 Å². The predicted molar refractivity (Wildman–Crippen MR) is 658 cm³/mol. The number of hydrogen-bond donors (Lipinski definition) is 0. The second-order valence-electron chi connectivity index (χ2n) is 41.7. The van der Waals surface area contributed by atoms with E-state index < -0.39 is 97.9 Å². The second kappa shape index (κ2) is 62.6. The fraction of sp³-hybridized carbons (Fsp3) is 0.405. The number of halogens is 2. The van der Waals surface area contributed by atoms with Crippen molar-refractivity contribution in [3.05, 3.63) is 393 Å². The van der Waals surface area contributed by atoms with Gasteiger partial charge < -0.3 is 20.6 Å². The highest BCUT2D eigenvalue weighted by Crippen LogP contribution is 2.57. The summed E-state index contributed by atoms with van der Waals surface area (Å²) in [5.41, 5.74) is 24.4. The molecule has 14 rings (SSSR count). The molecular weight excluding hydrogens is 1940 g/mol. The Balaban J connectivity index is 0.000000299. The van der Waals surface area contributed by atoms with Crippen molar-refractivity contribution in [3.63, 3.8) is 0 Å². The van der Waals surface area contributed by atoms with Crippen molar-refractivity contribution in [2.45, 2.75) is 311 Å². The molecule has 8 aromatic carbocycles. The van der Waals surface area contributed by atoms with Crippen LogP contribution in [0.4, 0.5) is 0 Å². The summed E-state index contributed by atoms with van der Waals surface area (Å²) in [6.07, 6.45) is 42.4. The van der Waals surface area contributed by atoms with Gasteiger partial charge in [-0.05, 0) is 127 Å². The molecule has 760 valence electrons. The van der Waals surface area contributed by atoms with Crippen LogP contribution >= 0.6 is 22.2 Å². The molecule has 4 unspecified atom stereocenters. The molecule has 6 fully saturated rings. The van der Waals surface area contributed by atoms with Gasteiger partial charge in [0, 0.05) is 0 Å². The molecule has 0 bridgehead atoms. The summed E-state index contributed by atoms with van der Waals surface area (Å²) in [5, 5.41) is 9.96. The van der Waals surface area contributed by atoms with E-state index in [0.29, 0.717) is 0 Å². The van der Waals surface area contributed by atoms with Gasteiger partial charge in [-0.3, -0.25) is 0 Å². The summed E-state index contributed by atoms with van der Waals surface area (Å²) < 4.78 is 36.1. The highest BCUT2D eigenvalue weighted by Gasteiger charge is 2.58. The van der Waals surface area contributed by atoms with Crippen molar-refractivity contribution in [1.29, 1.82) is 0 Å². The molecule has 6 aliphatic rings. The Kier molecular flexibility index (Phi) is 55.5. The molecule has 19 heteroatoms. The Morgan fingerprint density at radius 2 is 0.393 bits per heavy atom. The van der Waals surface area contributed by atoms with Gasteiger partial charge in [0.1, 0.15) is 7.38 Å². The third-order valence-electron chi connectivity index (χ3n) is 29.6. The Bertz CT molecular complexity index is 4410. The van der Waals surface area contributed by atoms with Gasteiger partial charge in [0.2, 0.25) is 66.5 Å². The number of benzene rings is 8. The molecule has 0 aliphatic heterocycles. The number of hydrogen-bond acceptors (Lipinski definition) is 5. The van der Waals surface area contributed by atoms with Crippen LogP contribution in [0.15, 0.2) is 393 Å². The van der Waals surface area contributed by atoms with Crippen molar-refractivity contribution in [3.8, 4) is 0 Å². The fourth-order valence-electron chi connectivity index (χ4n) is 21.7. The molecule has 0 aromatic heterocycles. The molecule has 0 heterocycles. The van der Waals surface area contributed by atoms with Crippen LogP contribution in [0.3, 0.4) is 0 Å². The van der Waals surface area contributed by atoms with Gasteiger partial charge in [-0.25, -0.2) is 0 Å². The topological polar surface area (TPSA) is 46.2 Å². The van der Waals surface area contributed by atoms with Gasteiger partial charge >= 0.3 is 0 Å². The maximum absolute atomic E-state index is 8.12. The first-order valence-electron chi connectivity index (χ1n) is 52.6.